The van der Waals surface area contributed by atoms with E-state index in [0.717, 1.165) is 0 Å². The number of carbonyl (C=O) groups excluding carboxylic acids is 2. The molecule has 0 unspecified atom stereocenters. The predicted molar refractivity (Wildman–Crippen MR) is 76.7 cm³/mol. The average molecular weight is 306 g/mol. The number of nitrogens with one attached hydrogen (secondary N) is 4. The van der Waals surface area contributed by atoms with Crippen LogP contribution in [0.5, 0.6) is 0 Å². The molecule has 0 aromatic carbocycles. The summed E-state index contributed by atoms with van der Waals surface area (Å²) < 4.78 is 0. The van der Waals surface area contributed by atoms with Crippen molar-refractivity contribution in [1.29, 1.82) is 0 Å². The van der Waals surface area contributed by atoms with Crippen LogP contribution in [-0.4, -0.2) is 64.3 Å². The van der Waals surface area contributed by atoms with Crippen molar-refractivity contribution in [2.75, 3.05) is 52.4 Å². The maximum Gasteiger partial charge on any atom is 0.335 e. The second-order valence-electron chi connectivity index (χ2n) is 3.99. The quantitative estimate of drug-likeness (QED) is 0.109. The first-order chi connectivity index (χ1) is 10.2. The molecule has 0 bridgehead atoms. The van der Waals surface area contributed by atoms with Crippen LogP contribution in [0.25, 0.3) is 0 Å². The first-order valence-electron chi connectivity index (χ1n) is 6.87. The van der Waals surface area contributed by atoms with Gasteiger partial charge in [-0.05, 0) is 0 Å². The molecule has 124 valence electrons. The second kappa shape index (κ2) is 15.1. The lowest BCUT2D eigenvalue weighted by Gasteiger charge is -2.07. The van der Waals surface area contributed by atoms with Gasteiger partial charge >= 0.3 is 11.9 Å². The summed E-state index contributed by atoms with van der Waals surface area (Å²) >= 11 is 0. The van der Waals surface area contributed by atoms with Gasteiger partial charge in [-0.3, -0.25) is 0 Å². The molecule has 8 N–H and O–H groups in total. The Morgan fingerprint density at radius 2 is 1.14 bits per heavy atom. The summed E-state index contributed by atoms with van der Waals surface area (Å²) in [6, 6.07) is 0. The predicted octanol–water partition coefficient (Wildman–Crippen LogP) is -3.43. The van der Waals surface area contributed by atoms with Crippen LogP contribution in [-0.2, 0) is 19.3 Å². The van der Waals surface area contributed by atoms with Crippen molar-refractivity contribution >= 4 is 11.9 Å². The van der Waals surface area contributed by atoms with E-state index in [0.29, 0.717) is 52.4 Å². The topological polar surface area (TPSA) is 153 Å². The van der Waals surface area contributed by atoms with Gasteiger partial charge in [-0.1, -0.05) is 0 Å². The fourth-order valence-electron chi connectivity index (χ4n) is 1.19. The fourth-order valence-corrected chi connectivity index (χ4v) is 1.19. The number of hydrogen-bond donors (Lipinski definition) is 6. The third kappa shape index (κ3) is 14.9. The normalized spacial score (nSPS) is 10.4. The summed E-state index contributed by atoms with van der Waals surface area (Å²) in [5, 5.41) is 6.01. The van der Waals surface area contributed by atoms with Crippen molar-refractivity contribution in [3.63, 3.8) is 0 Å². The van der Waals surface area contributed by atoms with E-state index in [-0.39, 0.29) is 0 Å². The van der Waals surface area contributed by atoms with Crippen LogP contribution in [0.2, 0.25) is 0 Å². The van der Waals surface area contributed by atoms with Crippen LogP contribution >= 0.6 is 0 Å². The molecule has 0 aromatic heterocycles. The Hall–Kier alpha value is -1.30. The van der Waals surface area contributed by atoms with Crippen LogP contribution in [0.1, 0.15) is 6.42 Å². The molecule has 0 aliphatic carbocycles. The number of hydroxylamine groups is 2. The Labute approximate surface area is 124 Å². The van der Waals surface area contributed by atoms with E-state index in [9.17, 15) is 9.59 Å². The standard InChI is InChI=1S/C11H26N6O4/c12-1-3-14-5-7-16-20-10(18)9-11(19)21-17-8-6-15-4-2-13/h14-17H,1-9,12-13H2. The molecule has 0 atom stereocenters. The molecule has 10 nitrogen and oxygen atoms in total. The Morgan fingerprint density at radius 1 is 0.714 bits per heavy atom. The molecule has 0 heterocycles. The highest BCUT2D eigenvalue weighted by Gasteiger charge is 2.12. The zero-order valence-electron chi connectivity index (χ0n) is 12.2. The molecule has 0 amide bonds. The van der Waals surface area contributed by atoms with Crippen LogP contribution in [0, 0.1) is 0 Å². The third-order valence-corrected chi connectivity index (χ3v) is 2.11. The Balaban J connectivity index is 3.38. The van der Waals surface area contributed by atoms with Gasteiger partial charge in [0.15, 0.2) is 0 Å². The number of rotatable bonds is 14. The summed E-state index contributed by atoms with van der Waals surface area (Å²) in [5.74, 6) is -1.41. The Kier molecular flexibility index (Phi) is 14.2. The monoisotopic (exact) mass is 306 g/mol. The molecule has 0 saturated carbocycles. The number of hydrogen-bond acceptors (Lipinski definition) is 10. The van der Waals surface area contributed by atoms with Gasteiger partial charge in [-0.2, -0.15) is 11.0 Å². The minimum absolute atomic E-state index is 0.422. The van der Waals surface area contributed by atoms with E-state index in [4.69, 9.17) is 11.5 Å². The highest BCUT2D eigenvalue weighted by atomic mass is 16.7. The summed E-state index contributed by atoms with van der Waals surface area (Å²) in [7, 11) is 0. The average Bonchev–Trinajstić information content (AvgIpc) is 2.46. The van der Waals surface area contributed by atoms with Gasteiger partial charge in [0.2, 0.25) is 0 Å². The summed E-state index contributed by atoms with van der Waals surface area (Å²) in [6.07, 6.45) is -0.466. The molecule has 0 rings (SSSR count). The zero-order chi connectivity index (χ0) is 15.8. The second-order valence-corrected chi connectivity index (χ2v) is 3.99. The SMILES string of the molecule is NCCNCCNOC(=O)CC(=O)ONCCNCCN. The molecule has 10 heteroatoms. The maximum atomic E-state index is 11.2. The third-order valence-electron chi connectivity index (χ3n) is 2.11. The van der Waals surface area contributed by atoms with Crippen molar-refractivity contribution in [1.82, 2.24) is 21.6 Å². The van der Waals surface area contributed by atoms with Gasteiger partial charge < -0.3 is 31.8 Å². The van der Waals surface area contributed by atoms with E-state index in [1.807, 2.05) is 0 Å². The molecular formula is C11H26N6O4. The highest BCUT2D eigenvalue weighted by molar-refractivity contribution is 5.90. The van der Waals surface area contributed by atoms with Crippen molar-refractivity contribution in [3.8, 4) is 0 Å². The summed E-state index contributed by atoms with van der Waals surface area (Å²) in [6.45, 7) is 4.51. The van der Waals surface area contributed by atoms with Crippen LogP contribution < -0.4 is 33.1 Å². The summed E-state index contributed by atoms with van der Waals surface area (Å²) in [5.41, 5.74) is 15.4. The molecule has 0 saturated heterocycles. The Morgan fingerprint density at radius 3 is 1.52 bits per heavy atom. The van der Waals surface area contributed by atoms with Crippen molar-refractivity contribution in [3.05, 3.63) is 0 Å². The minimum atomic E-state index is -0.707. The van der Waals surface area contributed by atoms with E-state index in [2.05, 4.69) is 31.3 Å². The molecule has 0 fully saturated rings. The maximum absolute atomic E-state index is 11.2. The lowest BCUT2D eigenvalue weighted by atomic mass is 10.4. The minimum Gasteiger partial charge on any atom is -0.370 e. The first-order valence-corrected chi connectivity index (χ1v) is 6.87. The van der Waals surface area contributed by atoms with Gasteiger partial charge in [-0.25, -0.2) is 9.59 Å². The summed E-state index contributed by atoms with van der Waals surface area (Å²) in [4.78, 5) is 31.7. The zero-order valence-corrected chi connectivity index (χ0v) is 12.2. The number of nitrogens with two attached hydrogens (primary N) is 2. The van der Waals surface area contributed by atoms with E-state index in [1.165, 1.54) is 0 Å². The van der Waals surface area contributed by atoms with Gasteiger partial charge in [0, 0.05) is 52.4 Å². The first kappa shape index (κ1) is 19.7. The molecule has 21 heavy (non-hydrogen) atoms. The van der Waals surface area contributed by atoms with Crippen LogP contribution in [0.4, 0.5) is 0 Å². The fraction of sp³-hybridized carbons (Fsp3) is 0.818. The highest BCUT2D eigenvalue weighted by Crippen LogP contribution is 1.87. The molecule has 0 aliphatic rings. The molecule has 0 radical (unpaired) electrons. The molecular weight excluding hydrogens is 280 g/mol. The molecule has 0 spiro atoms. The van der Waals surface area contributed by atoms with E-state index < -0.39 is 18.4 Å². The van der Waals surface area contributed by atoms with E-state index in [1.54, 1.807) is 0 Å². The lowest BCUT2D eigenvalue weighted by Crippen LogP contribution is -2.34. The van der Waals surface area contributed by atoms with Crippen molar-refractivity contribution < 1.29 is 19.3 Å². The van der Waals surface area contributed by atoms with Crippen LogP contribution in [0.3, 0.4) is 0 Å². The molecule has 0 aromatic rings. The van der Waals surface area contributed by atoms with E-state index >= 15 is 0 Å². The lowest BCUT2D eigenvalue weighted by molar-refractivity contribution is -0.162. The van der Waals surface area contributed by atoms with Crippen LogP contribution in [0.15, 0.2) is 0 Å². The molecule has 0 aliphatic heterocycles. The number of carbonyl (C=O) groups is 2. The van der Waals surface area contributed by atoms with Gasteiger partial charge in [0.25, 0.3) is 0 Å². The van der Waals surface area contributed by atoms with Gasteiger partial charge in [0.1, 0.15) is 6.42 Å². The largest absolute Gasteiger partial charge is 0.370 e. The van der Waals surface area contributed by atoms with Gasteiger partial charge in [0.05, 0.1) is 0 Å². The Bertz CT molecular complexity index is 253. The van der Waals surface area contributed by atoms with Gasteiger partial charge in [-0.15, -0.1) is 0 Å². The van der Waals surface area contributed by atoms with Crippen molar-refractivity contribution in [2.45, 2.75) is 6.42 Å². The van der Waals surface area contributed by atoms with Crippen molar-refractivity contribution in [2.24, 2.45) is 11.5 Å². The smallest absolute Gasteiger partial charge is 0.335 e.